The number of carbonyl (C=O) groups excluding carboxylic acids is 1. The number of likely N-dealkylation sites (N-methyl/N-ethyl adjacent to an activating group) is 1. The number of hydrogen-bond acceptors (Lipinski definition) is 6. The number of ether oxygens (including phenoxy) is 2. The Morgan fingerprint density at radius 2 is 2.07 bits per heavy atom. The summed E-state index contributed by atoms with van der Waals surface area (Å²) in [7, 11) is 5.42. The fraction of sp³-hybridized carbons (Fsp3) is 0.524. The van der Waals surface area contributed by atoms with Gasteiger partial charge in [0.15, 0.2) is 17.2 Å². The van der Waals surface area contributed by atoms with Gasteiger partial charge >= 0.3 is 0 Å². The van der Waals surface area contributed by atoms with Crippen LogP contribution in [0.3, 0.4) is 0 Å². The van der Waals surface area contributed by atoms with Gasteiger partial charge < -0.3 is 23.8 Å². The number of nitrogens with zero attached hydrogens (tertiary/aromatic N) is 3. The van der Waals surface area contributed by atoms with E-state index in [1.54, 1.807) is 27.2 Å². The zero-order valence-corrected chi connectivity index (χ0v) is 17.1. The van der Waals surface area contributed by atoms with Crippen molar-refractivity contribution in [3.8, 4) is 11.5 Å². The zero-order chi connectivity index (χ0) is 20.1. The van der Waals surface area contributed by atoms with Gasteiger partial charge in [-0.2, -0.15) is 0 Å². The molecule has 152 valence electrons. The van der Waals surface area contributed by atoms with E-state index in [0.717, 1.165) is 43.9 Å². The van der Waals surface area contributed by atoms with E-state index in [1.807, 2.05) is 17.0 Å². The van der Waals surface area contributed by atoms with E-state index in [4.69, 9.17) is 14.0 Å². The first kappa shape index (κ1) is 20.2. The van der Waals surface area contributed by atoms with E-state index in [9.17, 15) is 4.79 Å². The minimum absolute atomic E-state index is 0.0464. The van der Waals surface area contributed by atoms with Crippen molar-refractivity contribution in [3.05, 3.63) is 41.3 Å². The predicted octanol–water partition coefficient (Wildman–Crippen LogP) is 2.78. The Balaban J connectivity index is 1.57. The molecule has 0 unspecified atom stereocenters. The Bertz CT molecular complexity index is 805. The number of likely N-dealkylation sites (tertiary alicyclic amines) is 1. The number of piperidine rings is 1. The molecule has 1 aliphatic rings. The quantitative estimate of drug-likeness (QED) is 0.728. The standard InChI is InChI=1S/C21H29N3O4/c1-15-12-18(22-28-15)21(25)24-10-5-6-17(14-24)23(2)11-9-16-7-8-19(26-3)20(13-16)27-4/h7-8,12-13,17H,5-6,9-11,14H2,1-4H3/t17-/m1/s1. The maximum atomic E-state index is 12.7. The average molecular weight is 387 g/mol. The van der Waals surface area contributed by atoms with Crippen molar-refractivity contribution in [3.63, 3.8) is 0 Å². The number of amides is 1. The van der Waals surface area contributed by atoms with E-state index in [0.29, 0.717) is 24.0 Å². The molecule has 0 aliphatic carbocycles. The molecule has 7 nitrogen and oxygen atoms in total. The molecule has 0 saturated carbocycles. The average Bonchev–Trinajstić information content (AvgIpc) is 3.17. The number of carbonyl (C=O) groups is 1. The van der Waals surface area contributed by atoms with Crippen LogP contribution < -0.4 is 9.47 Å². The van der Waals surface area contributed by atoms with Gasteiger partial charge in [-0.3, -0.25) is 4.79 Å². The summed E-state index contributed by atoms with van der Waals surface area (Å²) in [5.41, 5.74) is 1.59. The number of methoxy groups -OCH3 is 2. The molecule has 2 heterocycles. The molecule has 2 aromatic rings. The predicted molar refractivity (Wildman–Crippen MR) is 106 cm³/mol. The minimum Gasteiger partial charge on any atom is -0.493 e. The van der Waals surface area contributed by atoms with Crippen LogP contribution in [-0.4, -0.2) is 67.8 Å². The Hall–Kier alpha value is -2.54. The van der Waals surface area contributed by atoms with Crippen molar-refractivity contribution < 1.29 is 18.8 Å². The van der Waals surface area contributed by atoms with Crippen LogP contribution in [0.15, 0.2) is 28.8 Å². The molecule has 7 heteroatoms. The Morgan fingerprint density at radius 1 is 1.29 bits per heavy atom. The van der Waals surface area contributed by atoms with E-state index >= 15 is 0 Å². The topological polar surface area (TPSA) is 68.0 Å². The Kier molecular flexibility index (Phi) is 6.57. The lowest BCUT2D eigenvalue weighted by atomic mass is 10.0. The largest absolute Gasteiger partial charge is 0.493 e. The second kappa shape index (κ2) is 9.10. The molecule has 1 aromatic carbocycles. The number of rotatable bonds is 7. The van der Waals surface area contributed by atoms with Crippen LogP contribution >= 0.6 is 0 Å². The van der Waals surface area contributed by atoms with Crippen LogP contribution in [0.2, 0.25) is 0 Å². The Labute approximate surface area is 166 Å². The summed E-state index contributed by atoms with van der Waals surface area (Å²) >= 11 is 0. The van der Waals surface area contributed by atoms with Crippen LogP contribution in [0.4, 0.5) is 0 Å². The maximum Gasteiger partial charge on any atom is 0.276 e. The SMILES string of the molecule is COc1ccc(CCN(C)[C@@H]2CCCN(C(=O)c3cc(C)on3)C2)cc1OC. The van der Waals surface area contributed by atoms with Crippen LogP contribution in [0.5, 0.6) is 11.5 Å². The molecule has 3 rings (SSSR count). The first-order valence-corrected chi connectivity index (χ1v) is 9.65. The van der Waals surface area contributed by atoms with Crippen LogP contribution in [0.1, 0.15) is 34.7 Å². The van der Waals surface area contributed by atoms with Crippen molar-refractivity contribution >= 4 is 5.91 Å². The van der Waals surface area contributed by atoms with Gasteiger partial charge in [0.1, 0.15) is 5.76 Å². The third kappa shape index (κ3) is 4.65. The summed E-state index contributed by atoms with van der Waals surface area (Å²) in [6.07, 6.45) is 2.99. The molecular formula is C21H29N3O4. The van der Waals surface area contributed by atoms with Crippen molar-refractivity contribution in [1.82, 2.24) is 15.0 Å². The summed E-state index contributed by atoms with van der Waals surface area (Å²) in [5.74, 6) is 2.10. The van der Waals surface area contributed by atoms with Gasteiger partial charge in [-0.25, -0.2) is 0 Å². The molecule has 1 saturated heterocycles. The van der Waals surface area contributed by atoms with Gasteiger partial charge in [-0.1, -0.05) is 11.2 Å². The van der Waals surface area contributed by atoms with E-state index < -0.39 is 0 Å². The third-order valence-electron chi connectivity index (χ3n) is 5.36. The molecule has 1 aromatic heterocycles. The number of aromatic nitrogens is 1. The van der Waals surface area contributed by atoms with Crippen molar-refractivity contribution in [2.45, 2.75) is 32.2 Å². The first-order valence-electron chi connectivity index (χ1n) is 9.65. The van der Waals surface area contributed by atoms with Crippen molar-refractivity contribution in [2.24, 2.45) is 0 Å². The van der Waals surface area contributed by atoms with Gasteiger partial charge in [0, 0.05) is 31.7 Å². The van der Waals surface area contributed by atoms with Crippen molar-refractivity contribution in [2.75, 3.05) is 40.9 Å². The highest BCUT2D eigenvalue weighted by Gasteiger charge is 2.28. The maximum absolute atomic E-state index is 12.7. The smallest absolute Gasteiger partial charge is 0.276 e. The third-order valence-corrected chi connectivity index (χ3v) is 5.36. The monoisotopic (exact) mass is 387 g/mol. The van der Waals surface area contributed by atoms with Gasteiger partial charge in [0.25, 0.3) is 5.91 Å². The number of aryl methyl sites for hydroxylation is 1. The summed E-state index contributed by atoms with van der Waals surface area (Å²) in [4.78, 5) is 16.9. The zero-order valence-electron chi connectivity index (χ0n) is 17.1. The highest BCUT2D eigenvalue weighted by atomic mass is 16.5. The summed E-state index contributed by atoms with van der Waals surface area (Å²) in [5, 5.41) is 3.87. The molecule has 1 fully saturated rings. The van der Waals surface area contributed by atoms with E-state index in [-0.39, 0.29) is 5.91 Å². The first-order chi connectivity index (χ1) is 13.5. The normalized spacial score (nSPS) is 17.0. The van der Waals surface area contributed by atoms with Gasteiger partial charge in [-0.05, 0) is 50.9 Å². The van der Waals surface area contributed by atoms with E-state index in [1.165, 1.54) is 5.56 Å². The lowest BCUT2D eigenvalue weighted by Gasteiger charge is -2.37. The van der Waals surface area contributed by atoms with Gasteiger partial charge in [0.2, 0.25) is 0 Å². The fourth-order valence-electron chi connectivity index (χ4n) is 3.65. The lowest BCUT2D eigenvalue weighted by Crippen LogP contribution is -2.49. The molecule has 1 atom stereocenters. The highest BCUT2D eigenvalue weighted by molar-refractivity contribution is 5.92. The highest BCUT2D eigenvalue weighted by Crippen LogP contribution is 2.28. The molecule has 1 amide bonds. The lowest BCUT2D eigenvalue weighted by molar-refractivity contribution is 0.0601. The summed E-state index contributed by atoms with van der Waals surface area (Å²) in [6.45, 7) is 4.19. The van der Waals surface area contributed by atoms with Crippen LogP contribution in [0, 0.1) is 6.92 Å². The van der Waals surface area contributed by atoms with Gasteiger partial charge in [-0.15, -0.1) is 0 Å². The summed E-state index contributed by atoms with van der Waals surface area (Å²) in [6, 6.07) is 8.07. The molecule has 0 N–H and O–H groups in total. The van der Waals surface area contributed by atoms with Crippen LogP contribution in [-0.2, 0) is 6.42 Å². The molecular weight excluding hydrogens is 358 g/mol. The van der Waals surface area contributed by atoms with Crippen LogP contribution in [0.25, 0.3) is 0 Å². The molecule has 0 spiro atoms. The minimum atomic E-state index is -0.0464. The van der Waals surface area contributed by atoms with E-state index in [2.05, 4.69) is 23.2 Å². The molecule has 0 bridgehead atoms. The molecule has 1 aliphatic heterocycles. The Morgan fingerprint density at radius 3 is 2.75 bits per heavy atom. The number of hydrogen-bond donors (Lipinski definition) is 0. The molecule has 28 heavy (non-hydrogen) atoms. The van der Waals surface area contributed by atoms with Gasteiger partial charge in [0.05, 0.1) is 14.2 Å². The summed E-state index contributed by atoms with van der Waals surface area (Å²) < 4.78 is 15.7. The fourth-order valence-corrected chi connectivity index (χ4v) is 3.65. The number of benzene rings is 1. The van der Waals surface area contributed by atoms with Crippen molar-refractivity contribution in [1.29, 1.82) is 0 Å². The molecule has 0 radical (unpaired) electrons. The second-order valence-corrected chi connectivity index (χ2v) is 7.29. The second-order valence-electron chi connectivity index (χ2n) is 7.29.